The van der Waals surface area contributed by atoms with Crippen molar-refractivity contribution < 1.29 is 22.4 Å². The molecule has 1 atom stereocenters. The van der Waals surface area contributed by atoms with Crippen LogP contribution in [-0.2, 0) is 32.6 Å². The van der Waals surface area contributed by atoms with E-state index in [0.717, 1.165) is 53.4 Å². The zero-order valence-corrected chi connectivity index (χ0v) is 22.8. The summed E-state index contributed by atoms with van der Waals surface area (Å²) in [6.07, 6.45) is 5.01. The second-order valence-corrected chi connectivity index (χ2v) is 11.8. The molecule has 0 saturated heterocycles. The molecular weight excluding hydrogens is 517 g/mol. The number of anilines is 1. The summed E-state index contributed by atoms with van der Waals surface area (Å²) in [5.41, 5.74) is 1.43. The minimum absolute atomic E-state index is 0.0374. The predicted octanol–water partition coefficient (Wildman–Crippen LogP) is 4.29. The molecule has 0 bridgehead atoms. The molecule has 3 aromatic rings. The highest BCUT2D eigenvalue weighted by molar-refractivity contribution is 7.92. The van der Waals surface area contributed by atoms with Crippen LogP contribution in [0.4, 0.5) is 10.1 Å². The summed E-state index contributed by atoms with van der Waals surface area (Å²) < 4.78 is 40.9. The van der Waals surface area contributed by atoms with E-state index < -0.39 is 34.3 Å². The Morgan fingerprint density at radius 1 is 0.897 bits per heavy atom. The van der Waals surface area contributed by atoms with Crippen molar-refractivity contribution >= 4 is 27.5 Å². The van der Waals surface area contributed by atoms with Gasteiger partial charge in [0, 0.05) is 19.0 Å². The fourth-order valence-corrected chi connectivity index (χ4v) is 5.80. The highest BCUT2D eigenvalue weighted by Gasteiger charge is 2.34. The van der Waals surface area contributed by atoms with E-state index in [4.69, 9.17) is 0 Å². The van der Waals surface area contributed by atoms with Crippen LogP contribution in [0.1, 0.15) is 36.8 Å². The zero-order chi connectivity index (χ0) is 27.8. The largest absolute Gasteiger partial charge is 0.352 e. The van der Waals surface area contributed by atoms with Gasteiger partial charge in [-0.25, -0.2) is 12.8 Å². The van der Waals surface area contributed by atoms with E-state index in [1.807, 2.05) is 60.7 Å². The number of nitrogens with one attached hydrogen (secondary N) is 1. The predicted molar refractivity (Wildman–Crippen MR) is 150 cm³/mol. The van der Waals surface area contributed by atoms with Gasteiger partial charge in [-0.05, 0) is 36.1 Å². The van der Waals surface area contributed by atoms with Crippen molar-refractivity contribution in [2.45, 2.75) is 50.7 Å². The first-order valence-electron chi connectivity index (χ1n) is 13.1. The smallest absolute Gasteiger partial charge is 0.244 e. The fourth-order valence-electron chi connectivity index (χ4n) is 4.95. The first kappa shape index (κ1) is 28.3. The van der Waals surface area contributed by atoms with Crippen LogP contribution in [0.15, 0.2) is 84.9 Å². The summed E-state index contributed by atoms with van der Waals surface area (Å²) in [5.74, 6) is -1.65. The highest BCUT2D eigenvalue weighted by Crippen LogP contribution is 2.24. The molecule has 39 heavy (non-hydrogen) atoms. The standard InChI is InChI=1S/C30H34FN3O4S/c1-39(37,38)34(27-19-11-10-18-26(27)31)22-29(35)33(21-24-14-6-3-7-15-24)28(20-23-12-4-2-5-13-23)30(36)32-25-16-8-9-17-25/h2-7,10-15,18-19,25,28H,8-9,16-17,20-22H2,1H3,(H,32,36)/t28-/m1/s1. The number of para-hydroxylation sites is 1. The van der Waals surface area contributed by atoms with Gasteiger partial charge >= 0.3 is 0 Å². The van der Waals surface area contributed by atoms with Crippen LogP contribution in [0, 0.1) is 5.82 Å². The number of sulfonamides is 1. The molecule has 4 rings (SSSR count). The van der Waals surface area contributed by atoms with Gasteiger partial charge in [-0.1, -0.05) is 85.6 Å². The molecule has 206 valence electrons. The third-order valence-electron chi connectivity index (χ3n) is 6.97. The molecule has 3 aromatic carbocycles. The van der Waals surface area contributed by atoms with Gasteiger partial charge in [0.05, 0.1) is 11.9 Å². The highest BCUT2D eigenvalue weighted by atomic mass is 32.2. The number of rotatable bonds is 11. The monoisotopic (exact) mass is 551 g/mol. The average molecular weight is 552 g/mol. The number of hydrogen-bond donors (Lipinski definition) is 1. The van der Waals surface area contributed by atoms with Gasteiger partial charge < -0.3 is 10.2 Å². The molecule has 0 heterocycles. The van der Waals surface area contributed by atoms with Gasteiger partial charge in [0.25, 0.3) is 0 Å². The Hall–Kier alpha value is -3.72. The Morgan fingerprint density at radius 3 is 2.05 bits per heavy atom. The van der Waals surface area contributed by atoms with Gasteiger partial charge in [0.2, 0.25) is 21.8 Å². The number of hydrogen-bond acceptors (Lipinski definition) is 4. The Morgan fingerprint density at radius 2 is 1.46 bits per heavy atom. The van der Waals surface area contributed by atoms with Crippen molar-refractivity contribution in [2.75, 3.05) is 17.1 Å². The summed E-state index contributed by atoms with van der Waals surface area (Å²) in [7, 11) is -4.02. The average Bonchev–Trinajstić information content (AvgIpc) is 3.43. The number of carbonyl (C=O) groups excluding carboxylic acids is 2. The third-order valence-corrected chi connectivity index (χ3v) is 8.10. The van der Waals surface area contributed by atoms with Crippen LogP contribution < -0.4 is 9.62 Å². The molecule has 1 aliphatic rings. The number of benzene rings is 3. The minimum Gasteiger partial charge on any atom is -0.352 e. The lowest BCUT2D eigenvalue weighted by Gasteiger charge is -2.34. The van der Waals surface area contributed by atoms with Crippen molar-refractivity contribution in [3.05, 3.63) is 102 Å². The van der Waals surface area contributed by atoms with Crippen molar-refractivity contribution in [3.63, 3.8) is 0 Å². The lowest BCUT2D eigenvalue weighted by Crippen LogP contribution is -2.54. The number of amides is 2. The van der Waals surface area contributed by atoms with Crippen LogP contribution in [0.2, 0.25) is 0 Å². The number of halogens is 1. The van der Waals surface area contributed by atoms with Crippen LogP contribution in [0.5, 0.6) is 0 Å². The molecule has 1 aliphatic carbocycles. The topological polar surface area (TPSA) is 86.8 Å². The van der Waals surface area contributed by atoms with Gasteiger partial charge in [-0.3, -0.25) is 13.9 Å². The van der Waals surface area contributed by atoms with Crippen LogP contribution >= 0.6 is 0 Å². The molecule has 0 radical (unpaired) electrons. The van der Waals surface area contributed by atoms with Crippen LogP contribution in [0.3, 0.4) is 0 Å². The van der Waals surface area contributed by atoms with E-state index in [2.05, 4.69) is 5.32 Å². The molecule has 2 amide bonds. The SMILES string of the molecule is CS(=O)(=O)N(CC(=O)N(Cc1ccccc1)[C@H](Cc1ccccc1)C(=O)NC1CCCC1)c1ccccc1F. The van der Waals surface area contributed by atoms with E-state index in [1.165, 1.54) is 23.1 Å². The Labute approximate surface area is 229 Å². The van der Waals surface area contributed by atoms with Crippen LogP contribution in [-0.4, -0.2) is 50.0 Å². The van der Waals surface area contributed by atoms with Crippen molar-refractivity contribution in [3.8, 4) is 0 Å². The van der Waals surface area contributed by atoms with E-state index >= 15 is 0 Å². The molecule has 0 unspecified atom stereocenters. The fraction of sp³-hybridized carbons (Fsp3) is 0.333. The lowest BCUT2D eigenvalue weighted by atomic mass is 10.0. The molecule has 0 spiro atoms. The second kappa shape index (κ2) is 12.9. The molecule has 9 heteroatoms. The summed E-state index contributed by atoms with van der Waals surface area (Å²) in [4.78, 5) is 29.2. The summed E-state index contributed by atoms with van der Waals surface area (Å²) in [5, 5.41) is 3.12. The molecule has 1 saturated carbocycles. The maximum Gasteiger partial charge on any atom is 0.244 e. The summed E-state index contributed by atoms with van der Waals surface area (Å²) >= 11 is 0. The maximum absolute atomic E-state index is 14.7. The number of nitrogens with zero attached hydrogens (tertiary/aromatic N) is 2. The van der Waals surface area contributed by atoms with E-state index in [-0.39, 0.29) is 30.6 Å². The molecule has 1 N–H and O–H groups in total. The first-order valence-corrected chi connectivity index (χ1v) is 15.0. The summed E-state index contributed by atoms with van der Waals surface area (Å²) in [6.45, 7) is -0.557. The van der Waals surface area contributed by atoms with E-state index in [0.29, 0.717) is 0 Å². The molecule has 1 fully saturated rings. The zero-order valence-electron chi connectivity index (χ0n) is 22.0. The Bertz CT molecular complexity index is 1360. The molecule has 0 aliphatic heterocycles. The molecular formula is C30H34FN3O4S. The minimum atomic E-state index is -4.02. The van der Waals surface area contributed by atoms with Gasteiger partial charge in [0.15, 0.2) is 0 Å². The Kier molecular flexibility index (Phi) is 9.35. The van der Waals surface area contributed by atoms with E-state index in [1.54, 1.807) is 0 Å². The summed E-state index contributed by atoms with van der Waals surface area (Å²) in [6, 6.07) is 23.2. The lowest BCUT2D eigenvalue weighted by molar-refractivity contribution is -0.140. The van der Waals surface area contributed by atoms with Crippen molar-refractivity contribution in [2.24, 2.45) is 0 Å². The van der Waals surface area contributed by atoms with Crippen molar-refractivity contribution in [1.29, 1.82) is 0 Å². The van der Waals surface area contributed by atoms with Gasteiger partial charge in [0.1, 0.15) is 18.4 Å². The van der Waals surface area contributed by atoms with Gasteiger partial charge in [-0.2, -0.15) is 0 Å². The van der Waals surface area contributed by atoms with E-state index in [9.17, 15) is 22.4 Å². The number of carbonyl (C=O) groups is 2. The Balaban J connectivity index is 1.71. The maximum atomic E-state index is 14.7. The van der Waals surface area contributed by atoms with Crippen molar-refractivity contribution in [1.82, 2.24) is 10.2 Å². The normalized spacial score (nSPS) is 14.5. The quantitative estimate of drug-likeness (QED) is 0.385. The second-order valence-electron chi connectivity index (χ2n) is 9.92. The third kappa shape index (κ3) is 7.66. The molecule has 7 nitrogen and oxygen atoms in total. The molecule has 0 aromatic heterocycles. The first-order chi connectivity index (χ1) is 18.7. The van der Waals surface area contributed by atoms with Gasteiger partial charge in [-0.15, -0.1) is 0 Å². The van der Waals surface area contributed by atoms with Crippen LogP contribution in [0.25, 0.3) is 0 Å².